The minimum atomic E-state index is 0.449. The second kappa shape index (κ2) is 6.74. The van der Waals surface area contributed by atoms with Crippen LogP contribution in [0.3, 0.4) is 0 Å². The standard InChI is InChI=1S/C17H20ClN/c1-13-6-3-4-7-14(13)10-16(12-19-2)15-8-5-9-17(18)11-15/h3-9,11,16,19H,10,12H2,1-2H3. The summed E-state index contributed by atoms with van der Waals surface area (Å²) < 4.78 is 0. The van der Waals surface area contributed by atoms with E-state index in [4.69, 9.17) is 11.6 Å². The fourth-order valence-corrected chi connectivity index (χ4v) is 2.62. The third kappa shape index (κ3) is 3.82. The number of hydrogen-bond donors (Lipinski definition) is 1. The Kier molecular flexibility index (Phi) is 5.00. The van der Waals surface area contributed by atoms with Crippen LogP contribution in [0.15, 0.2) is 48.5 Å². The van der Waals surface area contributed by atoms with Gasteiger partial charge in [0, 0.05) is 17.5 Å². The fourth-order valence-electron chi connectivity index (χ4n) is 2.42. The molecule has 2 heteroatoms. The molecule has 0 aliphatic heterocycles. The van der Waals surface area contributed by atoms with E-state index in [0.717, 1.165) is 18.0 Å². The Labute approximate surface area is 120 Å². The smallest absolute Gasteiger partial charge is 0.0408 e. The van der Waals surface area contributed by atoms with Gasteiger partial charge < -0.3 is 5.32 Å². The number of halogens is 1. The van der Waals surface area contributed by atoms with Crippen molar-refractivity contribution in [1.29, 1.82) is 0 Å². The van der Waals surface area contributed by atoms with Crippen molar-refractivity contribution in [3.63, 3.8) is 0 Å². The predicted molar refractivity (Wildman–Crippen MR) is 83.0 cm³/mol. The quantitative estimate of drug-likeness (QED) is 0.861. The van der Waals surface area contributed by atoms with Crippen molar-refractivity contribution >= 4 is 11.6 Å². The predicted octanol–water partition coefficient (Wildman–Crippen LogP) is 4.19. The van der Waals surface area contributed by atoms with Crippen LogP contribution in [0.2, 0.25) is 5.02 Å². The van der Waals surface area contributed by atoms with E-state index in [1.54, 1.807) is 0 Å². The number of nitrogens with one attached hydrogen (secondary N) is 1. The first-order valence-electron chi connectivity index (χ1n) is 6.65. The molecule has 0 spiro atoms. The maximum atomic E-state index is 6.10. The molecule has 0 fully saturated rings. The molecule has 0 aliphatic rings. The molecule has 0 heterocycles. The molecule has 0 radical (unpaired) electrons. The molecule has 0 aromatic heterocycles. The van der Waals surface area contributed by atoms with Crippen LogP contribution in [-0.4, -0.2) is 13.6 Å². The lowest BCUT2D eigenvalue weighted by Gasteiger charge is -2.18. The van der Waals surface area contributed by atoms with E-state index in [1.807, 2.05) is 19.2 Å². The Hall–Kier alpha value is -1.31. The van der Waals surface area contributed by atoms with Crippen molar-refractivity contribution in [1.82, 2.24) is 5.32 Å². The minimum absolute atomic E-state index is 0.449. The zero-order chi connectivity index (χ0) is 13.7. The van der Waals surface area contributed by atoms with Crippen LogP contribution in [0.5, 0.6) is 0 Å². The maximum Gasteiger partial charge on any atom is 0.0408 e. The Bertz CT molecular complexity index is 536. The van der Waals surface area contributed by atoms with E-state index >= 15 is 0 Å². The van der Waals surface area contributed by atoms with Crippen LogP contribution in [0, 0.1) is 6.92 Å². The summed E-state index contributed by atoms with van der Waals surface area (Å²) in [6.45, 7) is 3.12. The lowest BCUT2D eigenvalue weighted by atomic mass is 9.90. The molecular formula is C17H20ClN. The average molecular weight is 274 g/mol. The summed E-state index contributed by atoms with van der Waals surface area (Å²) in [5, 5.41) is 4.09. The Morgan fingerprint density at radius 3 is 2.58 bits per heavy atom. The lowest BCUT2D eigenvalue weighted by molar-refractivity contribution is 0.624. The summed E-state index contributed by atoms with van der Waals surface area (Å²) in [6.07, 6.45) is 1.04. The highest BCUT2D eigenvalue weighted by atomic mass is 35.5. The van der Waals surface area contributed by atoms with Gasteiger partial charge in [-0.25, -0.2) is 0 Å². The highest BCUT2D eigenvalue weighted by molar-refractivity contribution is 6.30. The number of hydrogen-bond acceptors (Lipinski definition) is 1. The SMILES string of the molecule is CNCC(Cc1ccccc1C)c1cccc(Cl)c1. The van der Waals surface area contributed by atoms with Crippen LogP contribution < -0.4 is 5.32 Å². The molecular weight excluding hydrogens is 254 g/mol. The molecule has 0 saturated heterocycles. The second-order valence-electron chi connectivity index (χ2n) is 4.94. The van der Waals surface area contributed by atoms with Gasteiger partial charge in [0.25, 0.3) is 0 Å². The van der Waals surface area contributed by atoms with Crippen molar-refractivity contribution in [3.05, 3.63) is 70.2 Å². The first kappa shape index (κ1) is 14.1. The molecule has 2 rings (SSSR count). The number of benzene rings is 2. The highest BCUT2D eigenvalue weighted by Crippen LogP contribution is 2.24. The van der Waals surface area contributed by atoms with Gasteiger partial charge in [0.2, 0.25) is 0 Å². The molecule has 0 amide bonds. The second-order valence-corrected chi connectivity index (χ2v) is 5.38. The third-order valence-corrected chi connectivity index (χ3v) is 3.73. The number of rotatable bonds is 5. The van der Waals surface area contributed by atoms with Crippen molar-refractivity contribution < 1.29 is 0 Å². The van der Waals surface area contributed by atoms with Gasteiger partial charge in [0.05, 0.1) is 0 Å². The van der Waals surface area contributed by atoms with Gasteiger partial charge in [-0.1, -0.05) is 48.0 Å². The first-order valence-corrected chi connectivity index (χ1v) is 7.03. The topological polar surface area (TPSA) is 12.0 Å². The van der Waals surface area contributed by atoms with E-state index in [1.165, 1.54) is 16.7 Å². The molecule has 1 atom stereocenters. The molecule has 0 bridgehead atoms. The van der Waals surface area contributed by atoms with Crippen molar-refractivity contribution in [2.24, 2.45) is 0 Å². The summed E-state index contributed by atoms with van der Waals surface area (Å²) in [4.78, 5) is 0. The molecule has 0 aliphatic carbocycles. The Balaban J connectivity index is 2.24. The van der Waals surface area contributed by atoms with E-state index in [-0.39, 0.29) is 0 Å². The average Bonchev–Trinajstić information content (AvgIpc) is 2.40. The van der Waals surface area contributed by atoms with Gasteiger partial charge >= 0.3 is 0 Å². The third-order valence-electron chi connectivity index (χ3n) is 3.50. The number of aryl methyl sites for hydroxylation is 1. The maximum absolute atomic E-state index is 6.10. The Morgan fingerprint density at radius 2 is 1.89 bits per heavy atom. The summed E-state index contributed by atoms with van der Waals surface area (Å²) in [7, 11) is 2.00. The monoisotopic (exact) mass is 273 g/mol. The molecule has 2 aromatic rings. The highest BCUT2D eigenvalue weighted by Gasteiger charge is 2.13. The molecule has 0 saturated carbocycles. The van der Waals surface area contributed by atoms with Gasteiger partial charge in [-0.15, -0.1) is 0 Å². The van der Waals surface area contributed by atoms with Crippen molar-refractivity contribution in [3.8, 4) is 0 Å². The first-order chi connectivity index (χ1) is 9.20. The van der Waals surface area contributed by atoms with Gasteiger partial charge in [0.1, 0.15) is 0 Å². The summed E-state index contributed by atoms with van der Waals surface area (Å²) >= 11 is 6.10. The van der Waals surface area contributed by atoms with Crippen LogP contribution in [0.25, 0.3) is 0 Å². The van der Waals surface area contributed by atoms with E-state index < -0.39 is 0 Å². The summed E-state index contributed by atoms with van der Waals surface area (Å²) in [5.74, 6) is 0.449. The van der Waals surface area contributed by atoms with Crippen LogP contribution in [-0.2, 0) is 6.42 Å². The van der Waals surface area contributed by atoms with E-state index in [0.29, 0.717) is 5.92 Å². The molecule has 100 valence electrons. The van der Waals surface area contributed by atoms with Gasteiger partial charge in [-0.05, 0) is 49.2 Å². The number of likely N-dealkylation sites (N-methyl/N-ethyl adjacent to an activating group) is 1. The van der Waals surface area contributed by atoms with Crippen LogP contribution in [0.1, 0.15) is 22.6 Å². The molecule has 1 N–H and O–H groups in total. The van der Waals surface area contributed by atoms with Crippen LogP contribution in [0.4, 0.5) is 0 Å². The van der Waals surface area contributed by atoms with Crippen molar-refractivity contribution in [2.75, 3.05) is 13.6 Å². The molecule has 2 aromatic carbocycles. The summed E-state index contributed by atoms with van der Waals surface area (Å²) in [5.41, 5.74) is 4.05. The Morgan fingerprint density at radius 1 is 1.11 bits per heavy atom. The normalized spacial score (nSPS) is 12.4. The van der Waals surface area contributed by atoms with E-state index in [2.05, 4.69) is 48.6 Å². The summed E-state index contributed by atoms with van der Waals surface area (Å²) in [6, 6.07) is 16.8. The molecule has 1 unspecified atom stereocenters. The lowest BCUT2D eigenvalue weighted by Crippen LogP contribution is -2.19. The zero-order valence-electron chi connectivity index (χ0n) is 11.5. The largest absolute Gasteiger partial charge is 0.319 e. The zero-order valence-corrected chi connectivity index (χ0v) is 12.2. The van der Waals surface area contributed by atoms with Gasteiger partial charge in [-0.2, -0.15) is 0 Å². The molecule has 1 nitrogen and oxygen atoms in total. The fraction of sp³-hybridized carbons (Fsp3) is 0.294. The van der Waals surface area contributed by atoms with Crippen molar-refractivity contribution in [2.45, 2.75) is 19.3 Å². The van der Waals surface area contributed by atoms with Crippen LogP contribution >= 0.6 is 11.6 Å². The molecule has 19 heavy (non-hydrogen) atoms. The van der Waals surface area contributed by atoms with Gasteiger partial charge in [0.15, 0.2) is 0 Å². The minimum Gasteiger partial charge on any atom is -0.319 e. The van der Waals surface area contributed by atoms with E-state index in [9.17, 15) is 0 Å². The van der Waals surface area contributed by atoms with Gasteiger partial charge in [-0.3, -0.25) is 0 Å².